The van der Waals surface area contributed by atoms with Crippen LogP contribution in [0.1, 0.15) is 37.4 Å². The maximum Gasteiger partial charge on any atom is 0.122 e. The van der Waals surface area contributed by atoms with Gasteiger partial charge in [-0.15, -0.1) is 0 Å². The Hall–Kier alpha value is -1.80. The lowest BCUT2D eigenvalue weighted by Crippen LogP contribution is -2.25. The Morgan fingerprint density at radius 2 is 1.86 bits per heavy atom. The van der Waals surface area contributed by atoms with Crippen LogP contribution in [-0.2, 0) is 6.54 Å². The van der Waals surface area contributed by atoms with Gasteiger partial charge in [-0.1, -0.05) is 56.3 Å². The Labute approximate surface area is 136 Å². The van der Waals surface area contributed by atoms with Crippen LogP contribution < -0.4 is 10.1 Å². The van der Waals surface area contributed by atoms with Crippen LogP contribution in [0.25, 0.3) is 0 Å². The summed E-state index contributed by atoms with van der Waals surface area (Å²) in [6, 6.07) is 16.6. The van der Waals surface area contributed by atoms with Gasteiger partial charge >= 0.3 is 0 Å². The zero-order valence-corrected chi connectivity index (χ0v) is 13.3. The smallest absolute Gasteiger partial charge is 0.122 e. The van der Waals surface area contributed by atoms with E-state index >= 15 is 0 Å². The van der Waals surface area contributed by atoms with Crippen molar-refractivity contribution in [1.82, 2.24) is 5.32 Å². The average molecular weight is 297 g/mol. The fourth-order valence-electron chi connectivity index (χ4n) is 2.74. The van der Waals surface area contributed by atoms with Crippen LogP contribution in [0.4, 0.5) is 0 Å². The predicted molar refractivity (Wildman–Crippen MR) is 95.0 cm³/mol. The molecule has 0 saturated carbocycles. The summed E-state index contributed by atoms with van der Waals surface area (Å²) in [6.45, 7) is 11.7. The monoisotopic (exact) mass is 297 g/mol. The number of nitrogens with one attached hydrogen (secondary N) is 1. The fourth-order valence-corrected chi connectivity index (χ4v) is 2.74. The third kappa shape index (κ3) is 4.11. The van der Waals surface area contributed by atoms with Crippen molar-refractivity contribution in [2.24, 2.45) is 0 Å². The zero-order chi connectivity index (χ0) is 15.8. The molecule has 0 bridgehead atoms. The van der Waals surface area contributed by atoms with E-state index in [4.69, 9.17) is 4.74 Å². The Bertz CT molecular complexity index is 585. The molecule has 118 valence electrons. The van der Waals surface area contributed by atoms with E-state index in [9.17, 15) is 0 Å². The highest BCUT2D eigenvalue weighted by molar-refractivity contribution is 5.38. The number of rotatable bonds is 4. The summed E-state index contributed by atoms with van der Waals surface area (Å²) in [5.41, 5.74) is 3.70. The molecule has 1 unspecified atom stereocenters. The van der Waals surface area contributed by atoms with Crippen molar-refractivity contribution in [1.29, 1.82) is 0 Å². The van der Waals surface area contributed by atoms with Gasteiger partial charge in [0.2, 0.25) is 0 Å². The molecular formula is C20H27NO. The number of hydrogen-bond donors (Lipinski definition) is 1. The van der Waals surface area contributed by atoms with Gasteiger partial charge < -0.3 is 10.1 Å². The number of hydrogen-bond acceptors (Lipinski definition) is 2. The normalized spacial score (nSPS) is 16.0. The van der Waals surface area contributed by atoms with E-state index in [-0.39, 0.29) is 1.43 Å². The molecule has 0 fully saturated rings. The van der Waals surface area contributed by atoms with E-state index in [1.807, 2.05) is 12.1 Å². The van der Waals surface area contributed by atoms with Crippen molar-refractivity contribution in [3.05, 3.63) is 79.1 Å². The molecule has 0 spiro atoms. The van der Waals surface area contributed by atoms with Crippen molar-refractivity contribution < 1.29 is 6.16 Å². The predicted octanol–water partition coefficient (Wildman–Crippen LogP) is 4.61. The lowest BCUT2D eigenvalue weighted by Gasteiger charge is -2.26. The highest BCUT2D eigenvalue weighted by atomic mass is 16.5. The highest BCUT2D eigenvalue weighted by Gasteiger charge is 2.20. The second-order valence-corrected chi connectivity index (χ2v) is 5.27. The van der Waals surface area contributed by atoms with E-state index in [2.05, 4.69) is 55.6 Å². The minimum absolute atomic E-state index is 0. The van der Waals surface area contributed by atoms with Gasteiger partial charge in [-0.25, -0.2) is 0 Å². The maximum absolute atomic E-state index is 5.70. The quantitative estimate of drug-likeness (QED) is 0.889. The highest BCUT2D eigenvalue weighted by Crippen LogP contribution is 2.32. The molecule has 0 aliphatic carbocycles. The molecule has 0 aromatic heterocycles. The molecule has 1 aliphatic rings. The summed E-state index contributed by atoms with van der Waals surface area (Å²) >= 11 is 0. The van der Waals surface area contributed by atoms with Gasteiger partial charge in [-0.2, -0.15) is 0 Å². The molecular weight excluding hydrogens is 270 g/mol. The molecule has 0 amide bonds. The fraction of sp³-hybridized carbons (Fsp3) is 0.300. The Morgan fingerprint density at radius 3 is 2.68 bits per heavy atom. The van der Waals surface area contributed by atoms with Gasteiger partial charge in [0, 0.05) is 20.4 Å². The first-order valence-electron chi connectivity index (χ1n) is 7.87. The molecule has 1 aliphatic heterocycles. The number of ether oxygens (including phenoxy) is 1. The van der Waals surface area contributed by atoms with E-state index in [0.717, 1.165) is 37.4 Å². The van der Waals surface area contributed by atoms with Crippen molar-refractivity contribution in [2.75, 3.05) is 13.2 Å². The first kappa shape index (κ1) is 16.6. The SMILES string of the molecule is [CH2]C.[CH2]c1ccccc1CNCC1CCOc2ccccc21.[HH]. The van der Waals surface area contributed by atoms with Crippen LogP contribution in [0.2, 0.25) is 0 Å². The Balaban J connectivity index is 0.000000849. The first-order chi connectivity index (χ1) is 10.8. The van der Waals surface area contributed by atoms with Crippen molar-refractivity contribution in [3.8, 4) is 5.75 Å². The molecule has 2 aromatic carbocycles. The molecule has 0 saturated heterocycles. The van der Waals surface area contributed by atoms with Crippen LogP contribution in [0.3, 0.4) is 0 Å². The Morgan fingerprint density at radius 1 is 1.14 bits per heavy atom. The molecule has 1 atom stereocenters. The summed E-state index contributed by atoms with van der Waals surface area (Å²) in [6.07, 6.45) is 1.08. The zero-order valence-electron chi connectivity index (χ0n) is 13.3. The summed E-state index contributed by atoms with van der Waals surface area (Å²) in [7, 11) is 0. The second kappa shape index (κ2) is 8.60. The van der Waals surface area contributed by atoms with Gasteiger partial charge in [-0.05, 0) is 36.1 Å². The minimum Gasteiger partial charge on any atom is -0.493 e. The lowest BCUT2D eigenvalue weighted by atomic mass is 9.93. The third-order valence-electron chi connectivity index (χ3n) is 3.91. The first-order valence-corrected chi connectivity index (χ1v) is 7.87. The van der Waals surface area contributed by atoms with Gasteiger partial charge in [0.15, 0.2) is 0 Å². The van der Waals surface area contributed by atoms with Crippen molar-refractivity contribution >= 4 is 0 Å². The molecule has 1 heterocycles. The van der Waals surface area contributed by atoms with Gasteiger partial charge in [0.05, 0.1) is 6.61 Å². The Kier molecular flexibility index (Phi) is 6.47. The van der Waals surface area contributed by atoms with E-state index in [1.165, 1.54) is 11.1 Å². The summed E-state index contributed by atoms with van der Waals surface area (Å²) in [5, 5.41) is 3.56. The van der Waals surface area contributed by atoms with Gasteiger partial charge in [0.1, 0.15) is 5.75 Å². The lowest BCUT2D eigenvalue weighted by molar-refractivity contribution is 0.264. The van der Waals surface area contributed by atoms with Crippen LogP contribution in [0.15, 0.2) is 48.5 Å². The number of benzene rings is 2. The van der Waals surface area contributed by atoms with E-state index in [0.29, 0.717) is 5.92 Å². The third-order valence-corrected chi connectivity index (χ3v) is 3.91. The largest absolute Gasteiger partial charge is 0.493 e. The van der Waals surface area contributed by atoms with Crippen LogP contribution in [-0.4, -0.2) is 13.2 Å². The maximum atomic E-state index is 5.70. The minimum atomic E-state index is 0. The van der Waals surface area contributed by atoms with Crippen molar-refractivity contribution in [3.63, 3.8) is 0 Å². The van der Waals surface area contributed by atoms with Crippen LogP contribution in [0.5, 0.6) is 5.75 Å². The van der Waals surface area contributed by atoms with Gasteiger partial charge in [0.25, 0.3) is 0 Å². The van der Waals surface area contributed by atoms with Crippen LogP contribution >= 0.6 is 0 Å². The molecule has 2 nitrogen and oxygen atoms in total. The number of para-hydroxylation sites is 1. The van der Waals surface area contributed by atoms with Gasteiger partial charge in [-0.3, -0.25) is 0 Å². The molecule has 2 radical (unpaired) electrons. The summed E-state index contributed by atoms with van der Waals surface area (Å²) < 4.78 is 5.70. The topological polar surface area (TPSA) is 21.3 Å². The molecule has 2 aromatic rings. The molecule has 3 rings (SSSR count). The molecule has 2 heteroatoms. The average Bonchev–Trinajstić information content (AvgIpc) is 2.59. The van der Waals surface area contributed by atoms with Crippen molar-refractivity contribution in [2.45, 2.75) is 25.8 Å². The van der Waals surface area contributed by atoms with E-state index in [1.54, 1.807) is 6.92 Å². The van der Waals surface area contributed by atoms with Crippen LogP contribution in [0, 0.1) is 13.8 Å². The standard InChI is InChI=1S/C18H20NO.C2H5.H2/c1-14-6-2-3-7-15(14)12-19-13-16-10-11-20-18-9-5-4-8-17(16)18;1-2;/h2-9,16,19H,1,10-13H2;1H2,2H3;1H. The summed E-state index contributed by atoms with van der Waals surface area (Å²) in [5.74, 6) is 1.58. The molecule has 22 heavy (non-hydrogen) atoms. The van der Waals surface area contributed by atoms with E-state index < -0.39 is 0 Å². The summed E-state index contributed by atoms with van der Waals surface area (Å²) in [4.78, 5) is 0. The second-order valence-electron chi connectivity index (χ2n) is 5.27. The molecule has 1 N–H and O–H groups in total. The number of fused-ring (bicyclic) bond motifs is 1.